The van der Waals surface area contributed by atoms with E-state index in [2.05, 4.69) is 5.32 Å². The summed E-state index contributed by atoms with van der Waals surface area (Å²) in [5.74, 6) is -2.23. The van der Waals surface area contributed by atoms with Gasteiger partial charge in [0.25, 0.3) is 0 Å². The molecule has 2 fully saturated rings. The number of carboxylic acid groups (broad SMARTS) is 1. The van der Waals surface area contributed by atoms with Crippen LogP contribution in [0.2, 0.25) is 0 Å². The number of aliphatic carboxylic acids is 1. The molecule has 1 aliphatic carbocycles. The Bertz CT molecular complexity index is 342. The van der Waals surface area contributed by atoms with Crippen LogP contribution in [0.5, 0.6) is 0 Å². The summed E-state index contributed by atoms with van der Waals surface area (Å²) < 4.78 is 0. The summed E-state index contributed by atoms with van der Waals surface area (Å²) in [6.45, 7) is 1.16. The van der Waals surface area contributed by atoms with Gasteiger partial charge in [-0.25, -0.2) is 0 Å². The largest absolute Gasteiger partial charge is 0.481 e. The minimum atomic E-state index is -0.919. The van der Waals surface area contributed by atoms with Crippen molar-refractivity contribution in [2.24, 2.45) is 11.8 Å². The van der Waals surface area contributed by atoms with E-state index in [1.165, 1.54) is 4.90 Å². The van der Waals surface area contributed by atoms with E-state index in [0.29, 0.717) is 19.5 Å². The number of carboxylic acids is 1. The first-order valence-corrected chi connectivity index (χ1v) is 5.38. The number of rotatable bonds is 2. The lowest BCUT2D eigenvalue weighted by Gasteiger charge is -2.18. The van der Waals surface area contributed by atoms with E-state index in [4.69, 9.17) is 5.11 Å². The van der Waals surface area contributed by atoms with Crippen molar-refractivity contribution >= 4 is 17.8 Å². The molecule has 1 saturated carbocycles. The zero-order chi connectivity index (χ0) is 11.7. The van der Waals surface area contributed by atoms with Crippen LogP contribution in [0.1, 0.15) is 12.8 Å². The molecule has 2 rings (SSSR count). The van der Waals surface area contributed by atoms with Crippen LogP contribution in [0.4, 0.5) is 0 Å². The molecule has 0 radical (unpaired) electrons. The van der Waals surface area contributed by atoms with Crippen LogP contribution in [0.3, 0.4) is 0 Å². The highest BCUT2D eigenvalue weighted by molar-refractivity contribution is 5.92. The lowest BCUT2D eigenvalue weighted by Crippen LogP contribution is -2.38. The molecule has 16 heavy (non-hydrogen) atoms. The number of nitrogens with one attached hydrogen (secondary N) is 1. The number of hydrogen-bond acceptors (Lipinski definition) is 3. The first-order valence-electron chi connectivity index (χ1n) is 5.38. The predicted octanol–water partition coefficient (Wildman–Crippen LogP) is -0.944. The molecule has 2 amide bonds. The van der Waals surface area contributed by atoms with Crippen molar-refractivity contribution in [3.8, 4) is 0 Å². The molecule has 6 nitrogen and oxygen atoms in total. The van der Waals surface area contributed by atoms with Crippen LogP contribution in [-0.2, 0) is 14.4 Å². The molecule has 2 atom stereocenters. The van der Waals surface area contributed by atoms with Crippen LogP contribution in [0.25, 0.3) is 0 Å². The summed E-state index contributed by atoms with van der Waals surface area (Å²) in [4.78, 5) is 35.2. The van der Waals surface area contributed by atoms with Gasteiger partial charge in [0, 0.05) is 13.1 Å². The van der Waals surface area contributed by atoms with Gasteiger partial charge in [-0.1, -0.05) is 0 Å². The second-order valence-corrected chi connectivity index (χ2v) is 4.25. The molecular formula is C10H14N2O4. The Balaban J connectivity index is 1.94. The zero-order valence-corrected chi connectivity index (χ0v) is 8.81. The third kappa shape index (κ3) is 2.15. The molecule has 1 aliphatic heterocycles. The zero-order valence-electron chi connectivity index (χ0n) is 8.81. The molecule has 0 aromatic carbocycles. The van der Waals surface area contributed by atoms with Crippen molar-refractivity contribution in [1.82, 2.24) is 10.2 Å². The smallest absolute Gasteiger partial charge is 0.307 e. The second kappa shape index (κ2) is 4.11. The van der Waals surface area contributed by atoms with Crippen molar-refractivity contribution < 1.29 is 19.5 Å². The summed E-state index contributed by atoms with van der Waals surface area (Å²) >= 11 is 0. The van der Waals surface area contributed by atoms with Crippen molar-refractivity contribution in [1.29, 1.82) is 0 Å². The SMILES string of the molecule is O=C1CN(C(=O)[C@@H]2C[C@@H]2C(=O)O)CCCN1. The van der Waals surface area contributed by atoms with E-state index in [1.54, 1.807) is 0 Å². The van der Waals surface area contributed by atoms with Crippen molar-refractivity contribution in [3.63, 3.8) is 0 Å². The van der Waals surface area contributed by atoms with E-state index < -0.39 is 17.8 Å². The number of amides is 2. The monoisotopic (exact) mass is 226 g/mol. The highest BCUT2D eigenvalue weighted by Gasteiger charge is 2.49. The van der Waals surface area contributed by atoms with Gasteiger partial charge in [0.05, 0.1) is 18.4 Å². The highest BCUT2D eigenvalue weighted by atomic mass is 16.4. The molecule has 1 saturated heterocycles. The maximum absolute atomic E-state index is 11.9. The number of carbonyl (C=O) groups is 3. The molecular weight excluding hydrogens is 212 g/mol. The van der Waals surface area contributed by atoms with Gasteiger partial charge in [0.15, 0.2) is 0 Å². The van der Waals surface area contributed by atoms with Gasteiger partial charge in [-0.2, -0.15) is 0 Å². The molecule has 2 aliphatic rings. The van der Waals surface area contributed by atoms with Crippen LogP contribution in [0, 0.1) is 11.8 Å². The minimum Gasteiger partial charge on any atom is -0.481 e. The molecule has 0 unspecified atom stereocenters. The summed E-state index contributed by atoms with van der Waals surface area (Å²) in [6, 6.07) is 0. The summed E-state index contributed by atoms with van der Waals surface area (Å²) in [5.41, 5.74) is 0. The molecule has 0 spiro atoms. The van der Waals surface area contributed by atoms with Gasteiger partial charge in [-0.3, -0.25) is 14.4 Å². The average Bonchev–Trinajstić information content (AvgIpc) is 3.00. The maximum Gasteiger partial charge on any atom is 0.307 e. The number of hydrogen-bond donors (Lipinski definition) is 2. The van der Waals surface area contributed by atoms with Gasteiger partial charge in [-0.05, 0) is 12.8 Å². The normalized spacial score (nSPS) is 29.2. The van der Waals surface area contributed by atoms with Gasteiger partial charge >= 0.3 is 5.97 Å². The molecule has 6 heteroatoms. The number of nitrogens with zero attached hydrogens (tertiary/aromatic N) is 1. The fourth-order valence-corrected chi connectivity index (χ4v) is 1.97. The highest BCUT2D eigenvalue weighted by Crippen LogP contribution is 2.40. The van der Waals surface area contributed by atoms with Gasteiger partial charge in [0.2, 0.25) is 11.8 Å². The third-order valence-corrected chi connectivity index (χ3v) is 3.00. The van der Waals surface area contributed by atoms with E-state index in [9.17, 15) is 14.4 Å². The van der Waals surface area contributed by atoms with Gasteiger partial charge in [0.1, 0.15) is 0 Å². The molecule has 2 N–H and O–H groups in total. The standard InChI is InChI=1S/C10H14N2O4/c13-8-5-12(3-1-2-11-8)9(14)6-4-7(6)10(15)16/h6-7H,1-5H2,(H,11,13)(H,15,16)/t6-,7+/m1/s1. The Morgan fingerprint density at radius 2 is 2.12 bits per heavy atom. The van der Waals surface area contributed by atoms with E-state index in [0.717, 1.165) is 6.42 Å². The first kappa shape index (κ1) is 10.9. The Morgan fingerprint density at radius 1 is 1.38 bits per heavy atom. The fraction of sp³-hybridized carbons (Fsp3) is 0.700. The number of carbonyl (C=O) groups excluding carboxylic acids is 2. The average molecular weight is 226 g/mol. The van der Waals surface area contributed by atoms with E-state index in [-0.39, 0.29) is 18.4 Å². The van der Waals surface area contributed by atoms with Crippen LogP contribution in [0.15, 0.2) is 0 Å². The van der Waals surface area contributed by atoms with Gasteiger partial charge in [-0.15, -0.1) is 0 Å². The van der Waals surface area contributed by atoms with E-state index >= 15 is 0 Å². The van der Waals surface area contributed by atoms with Gasteiger partial charge < -0.3 is 15.3 Å². The molecule has 88 valence electrons. The Labute approximate surface area is 92.6 Å². The molecule has 1 heterocycles. The Morgan fingerprint density at radius 3 is 2.75 bits per heavy atom. The quantitative estimate of drug-likeness (QED) is 0.636. The fourth-order valence-electron chi connectivity index (χ4n) is 1.97. The van der Waals surface area contributed by atoms with Crippen LogP contribution >= 0.6 is 0 Å². The Kier molecular flexibility index (Phi) is 2.80. The topological polar surface area (TPSA) is 86.7 Å². The first-order chi connectivity index (χ1) is 7.59. The van der Waals surface area contributed by atoms with Crippen molar-refractivity contribution in [2.75, 3.05) is 19.6 Å². The second-order valence-electron chi connectivity index (χ2n) is 4.25. The Hall–Kier alpha value is -1.59. The van der Waals surface area contributed by atoms with Crippen molar-refractivity contribution in [3.05, 3.63) is 0 Å². The maximum atomic E-state index is 11.9. The molecule has 0 aromatic rings. The predicted molar refractivity (Wildman–Crippen MR) is 53.4 cm³/mol. The van der Waals surface area contributed by atoms with Crippen LogP contribution < -0.4 is 5.32 Å². The summed E-state index contributed by atoms with van der Waals surface area (Å²) in [6.07, 6.45) is 1.13. The summed E-state index contributed by atoms with van der Waals surface area (Å²) in [7, 11) is 0. The third-order valence-electron chi connectivity index (χ3n) is 3.00. The van der Waals surface area contributed by atoms with Crippen molar-refractivity contribution in [2.45, 2.75) is 12.8 Å². The lowest BCUT2D eigenvalue weighted by molar-refractivity contribution is -0.142. The van der Waals surface area contributed by atoms with Crippen LogP contribution in [-0.4, -0.2) is 47.4 Å². The minimum absolute atomic E-state index is 0.0572. The molecule has 0 bridgehead atoms. The van der Waals surface area contributed by atoms with E-state index in [1.807, 2.05) is 0 Å². The molecule has 0 aromatic heterocycles. The lowest BCUT2D eigenvalue weighted by atomic mass is 10.2. The summed E-state index contributed by atoms with van der Waals surface area (Å²) in [5, 5.41) is 11.4.